The molecule has 1 saturated carbocycles. The topological polar surface area (TPSA) is 84.0 Å². The molecule has 1 aliphatic carbocycles. The van der Waals surface area contributed by atoms with Gasteiger partial charge in [0.15, 0.2) is 0 Å². The number of amides is 2. The lowest BCUT2D eigenvalue weighted by atomic mass is 10.1. The first-order valence-electron chi connectivity index (χ1n) is 12.7. The molecule has 9 heteroatoms. The number of fused-ring (bicyclic) bond motifs is 5. The van der Waals surface area contributed by atoms with E-state index in [0.717, 1.165) is 40.5 Å². The van der Waals surface area contributed by atoms with Gasteiger partial charge in [0.05, 0.1) is 30.3 Å². The molecule has 2 aromatic carbocycles. The summed E-state index contributed by atoms with van der Waals surface area (Å²) in [5.41, 5.74) is 2.52. The summed E-state index contributed by atoms with van der Waals surface area (Å²) in [6, 6.07) is 16.0. The van der Waals surface area contributed by atoms with E-state index in [9.17, 15) is 9.59 Å². The molecule has 4 bridgehead atoms. The average Bonchev–Trinajstić information content (AvgIpc) is 3.52. The van der Waals surface area contributed by atoms with Gasteiger partial charge in [-0.25, -0.2) is 4.98 Å². The van der Waals surface area contributed by atoms with E-state index in [-0.39, 0.29) is 24.0 Å². The quantitative estimate of drug-likeness (QED) is 0.557. The van der Waals surface area contributed by atoms with Crippen LogP contribution in [-0.2, 0) is 22.7 Å². The van der Waals surface area contributed by atoms with Crippen LogP contribution >= 0.6 is 11.3 Å². The largest absolute Gasteiger partial charge is 0.457 e. The van der Waals surface area contributed by atoms with Gasteiger partial charge in [0.1, 0.15) is 17.2 Å². The van der Waals surface area contributed by atoms with Crippen LogP contribution < -0.4 is 10.1 Å². The number of benzene rings is 2. The van der Waals surface area contributed by atoms with Crippen LogP contribution in [0.15, 0.2) is 53.9 Å². The summed E-state index contributed by atoms with van der Waals surface area (Å²) in [6.45, 7) is 4.00. The second-order valence-electron chi connectivity index (χ2n) is 10.0. The first kappa shape index (κ1) is 24.1. The molecule has 8 nitrogen and oxygen atoms in total. The van der Waals surface area contributed by atoms with Gasteiger partial charge in [-0.15, -0.1) is 11.3 Å². The number of nitrogens with one attached hydrogen (secondary N) is 1. The maximum Gasteiger partial charge on any atom is 0.273 e. The summed E-state index contributed by atoms with van der Waals surface area (Å²) in [5, 5.41) is 5.82. The Labute approximate surface area is 220 Å². The Morgan fingerprint density at radius 1 is 1.05 bits per heavy atom. The highest BCUT2D eigenvalue weighted by atomic mass is 32.1. The van der Waals surface area contributed by atoms with Crippen molar-refractivity contribution >= 4 is 23.2 Å². The third-order valence-corrected chi connectivity index (χ3v) is 7.80. The standard InChI is InChI=1S/C28H30N4O4S/c1-18-29-25(17-37-18)28(34)32-13-24-26(14-32)35-16-20-5-3-7-23(11-20)36-22-6-2-4-19(10-22)12-31(21-8-9-21)15-27(33)30-24/h2-7,10-11,17,21,24,26H,8-9,12-16H2,1H3,(H,30,33)/t24-,26-/m0/s1. The molecule has 192 valence electrons. The number of thiazole rings is 1. The Bertz CT molecular complexity index is 1310. The number of aryl methyl sites for hydroxylation is 1. The second kappa shape index (κ2) is 10.2. The van der Waals surface area contributed by atoms with Crippen molar-refractivity contribution in [2.45, 2.75) is 51.1 Å². The van der Waals surface area contributed by atoms with Crippen molar-refractivity contribution in [1.82, 2.24) is 20.1 Å². The van der Waals surface area contributed by atoms with Crippen molar-refractivity contribution in [3.05, 3.63) is 75.7 Å². The minimum absolute atomic E-state index is 0.0502. The van der Waals surface area contributed by atoms with E-state index >= 15 is 0 Å². The Balaban J connectivity index is 1.27. The van der Waals surface area contributed by atoms with Crippen LogP contribution in [0, 0.1) is 6.92 Å². The first-order valence-corrected chi connectivity index (χ1v) is 13.6. The van der Waals surface area contributed by atoms with E-state index in [4.69, 9.17) is 9.47 Å². The van der Waals surface area contributed by atoms with Gasteiger partial charge < -0.3 is 19.7 Å². The highest BCUT2D eigenvalue weighted by Crippen LogP contribution is 2.30. The molecule has 1 aromatic heterocycles. The molecule has 3 aliphatic rings. The van der Waals surface area contributed by atoms with E-state index < -0.39 is 0 Å². The van der Waals surface area contributed by atoms with E-state index in [1.165, 1.54) is 11.3 Å². The minimum Gasteiger partial charge on any atom is -0.457 e. The minimum atomic E-state index is -0.327. The number of ether oxygens (including phenoxy) is 2. The van der Waals surface area contributed by atoms with Crippen LogP contribution in [-0.4, -0.2) is 64.4 Å². The van der Waals surface area contributed by atoms with E-state index in [1.807, 2.05) is 49.4 Å². The number of hydrogen-bond acceptors (Lipinski definition) is 7. The molecule has 2 aliphatic heterocycles. The van der Waals surface area contributed by atoms with Crippen LogP contribution in [0.1, 0.15) is 39.5 Å². The third kappa shape index (κ3) is 5.69. The van der Waals surface area contributed by atoms with Crippen molar-refractivity contribution in [1.29, 1.82) is 0 Å². The van der Waals surface area contributed by atoms with Crippen LogP contribution in [0.2, 0.25) is 0 Å². The lowest BCUT2D eigenvalue weighted by Crippen LogP contribution is -2.48. The van der Waals surface area contributed by atoms with Crippen LogP contribution in [0.3, 0.4) is 0 Å². The highest BCUT2D eigenvalue weighted by molar-refractivity contribution is 7.09. The molecule has 0 spiro atoms. The zero-order valence-corrected chi connectivity index (χ0v) is 21.6. The summed E-state index contributed by atoms with van der Waals surface area (Å²) >= 11 is 1.46. The van der Waals surface area contributed by atoms with E-state index in [0.29, 0.717) is 44.5 Å². The lowest BCUT2D eigenvalue weighted by molar-refractivity contribution is -0.124. The van der Waals surface area contributed by atoms with E-state index in [2.05, 4.69) is 21.3 Å². The van der Waals surface area contributed by atoms with Crippen LogP contribution in [0.5, 0.6) is 11.5 Å². The predicted molar refractivity (Wildman–Crippen MR) is 140 cm³/mol. The van der Waals surface area contributed by atoms with Gasteiger partial charge >= 0.3 is 0 Å². The van der Waals surface area contributed by atoms with Crippen molar-refractivity contribution in [2.24, 2.45) is 0 Å². The molecular formula is C28H30N4O4S. The zero-order chi connectivity index (χ0) is 25.4. The molecule has 2 fully saturated rings. The van der Waals surface area contributed by atoms with Gasteiger partial charge in [0.25, 0.3) is 5.91 Å². The Kier molecular flexibility index (Phi) is 6.67. The lowest BCUT2D eigenvalue weighted by Gasteiger charge is -2.25. The third-order valence-electron chi connectivity index (χ3n) is 7.03. The molecule has 6 rings (SSSR count). The fourth-order valence-corrected chi connectivity index (χ4v) is 5.63. The normalized spacial score (nSPS) is 22.7. The van der Waals surface area contributed by atoms with Gasteiger partial charge in [-0.3, -0.25) is 14.5 Å². The number of hydrogen-bond donors (Lipinski definition) is 1. The Hall–Kier alpha value is -3.27. The number of carbonyl (C=O) groups is 2. The van der Waals surface area contributed by atoms with Crippen molar-refractivity contribution < 1.29 is 19.1 Å². The van der Waals surface area contributed by atoms with Crippen LogP contribution in [0.4, 0.5) is 0 Å². The van der Waals surface area contributed by atoms with Crippen molar-refractivity contribution in [3.63, 3.8) is 0 Å². The maximum absolute atomic E-state index is 13.2. The number of nitrogens with zero attached hydrogens (tertiary/aromatic N) is 3. The molecule has 0 radical (unpaired) electrons. The van der Waals surface area contributed by atoms with Crippen LogP contribution in [0.25, 0.3) is 0 Å². The monoisotopic (exact) mass is 518 g/mol. The highest BCUT2D eigenvalue weighted by Gasteiger charge is 2.39. The Morgan fingerprint density at radius 2 is 1.81 bits per heavy atom. The first-order chi connectivity index (χ1) is 18.0. The zero-order valence-electron chi connectivity index (χ0n) is 20.8. The van der Waals surface area contributed by atoms with E-state index in [1.54, 1.807) is 10.3 Å². The molecular weight excluding hydrogens is 488 g/mol. The average molecular weight is 519 g/mol. The molecule has 2 atom stereocenters. The second-order valence-corrected chi connectivity index (χ2v) is 11.1. The fourth-order valence-electron chi connectivity index (χ4n) is 5.04. The molecule has 3 aromatic rings. The number of aromatic nitrogens is 1. The summed E-state index contributed by atoms with van der Waals surface area (Å²) < 4.78 is 12.5. The maximum atomic E-state index is 13.2. The summed E-state index contributed by atoms with van der Waals surface area (Å²) in [6.07, 6.45) is 1.87. The molecule has 1 saturated heterocycles. The fraction of sp³-hybridized carbons (Fsp3) is 0.393. The molecule has 37 heavy (non-hydrogen) atoms. The van der Waals surface area contributed by atoms with Gasteiger partial charge in [0.2, 0.25) is 5.91 Å². The van der Waals surface area contributed by atoms with Gasteiger partial charge in [-0.05, 0) is 55.2 Å². The Morgan fingerprint density at radius 3 is 2.54 bits per heavy atom. The summed E-state index contributed by atoms with van der Waals surface area (Å²) in [5.74, 6) is 1.34. The molecule has 3 heterocycles. The molecule has 1 N–H and O–H groups in total. The summed E-state index contributed by atoms with van der Waals surface area (Å²) in [7, 11) is 0. The number of likely N-dealkylation sites (tertiary alicyclic amines) is 1. The number of rotatable bonds is 2. The van der Waals surface area contributed by atoms with Gasteiger partial charge in [-0.2, -0.15) is 0 Å². The SMILES string of the molecule is Cc1nc(C(=O)N2C[C@@H]3NC(=O)CN(C4CC4)Cc4cccc(c4)Oc4cccc(c4)CO[C@H]3C2)cs1. The van der Waals surface area contributed by atoms with Crippen molar-refractivity contribution in [2.75, 3.05) is 19.6 Å². The van der Waals surface area contributed by atoms with Gasteiger partial charge in [0, 0.05) is 31.1 Å². The molecule has 0 unspecified atom stereocenters. The summed E-state index contributed by atoms with van der Waals surface area (Å²) in [4.78, 5) is 34.7. The van der Waals surface area contributed by atoms with Crippen molar-refractivity contribution in [3.8, 4) is 11.5 Å². The molecule has 2 amide bonds. The number of carbonyl (C=O) groups excluding carboxylic acids is 2. The van der Waals surface area contributed by atoms with Gasteiger partial charge in [-0.1, -0.05) is 24.3 Å². The predicted octanol–water partition coefficient (Wildman–Crippen LogP) is 3.75. The smallest absolute Gasteiger partial charge is 0.273 e.